The van der Waals surface area contributed by atoms with Crippen LogP contribution < -0.4 is 20.9 Å². The van der Waals surface area contributed by atoms with Crippen molar-refractivity contribution in [3.63, 3.8) is 0 Å². The van der Waals surface area contributed by atoms with Gasteiger partial charge in [0.2, 0.25) is 23.6 Å². The molecular weight excluding hydrogens is 474 g/mol. The van der Waals surface area contributed by atoms with E-state index in [0.717, 1.165) is 16.8 Å². The second kappa shape index (κ2) is 10.2. The third-order valence-corrected chi connectivity index (χ3v) is 6.68. The molecule has 0 aliphatic carbocycles. The molecule has 3 aromatic rings. The molecule has 2 aliphatic rings. The highest BCUT2D eigenvalue weighted by Gasteiger charge is 2.44. The fraction of sp³-hybridized carbons (Fsp3) is 0.308. The predicted molar refractivity (Wildman–Crippen MR) is 133 cm³/mol. The summed E-state index contributed by atoms with van der Waals surface area (Å²) in [5, 5.41) is 18.5. The average Bonchev–Trinajstić information content (AvgIpc) is 3.53. The van der Waals surface area contributed by atoms with Crippen molar-refractivity contribution in [1.82, 2.24) is 31.4 Å². The Kier molecular flexibility index (Phi) is 6.67. The van der Waals surface area contributed by atoms with E-state index >= 15 is 0 Å². The second-order valence-electron chi connectivity index (χ2n) is 9.18. The number of H-pyrrole nitrogens is 1. The molecule has 11 heteroatoms. The van der Waals surface area contributed by atoms with Crippen molar-refractivity contribution in [2.24, 2.45) is 0 Å². The quantitative estimate of drug-likeness (QED) is 0.374. The number of para-hydroxylation sites is 1. The highest BCUT2D eigenvalue weighted by atomic mass is 16.2. The van der Waals surface area contributed by atoms with Gasteiger partial charge in [-0.05, 0) is 29.5 Å². The maximum atomic E-state index is 13.9. The van der Waals surface area contributed by atoms with Crippen molar-refractivity contribution in [3.8, 4) is 0 Å². The van der Waals surface area contributed by atoms with Gasteiger partial charge in [0.05, 0.1) is 18.4 Å². The largest absolute Gasteiger partial charge is 0.348 e. The van der Waals surface area contributed by atoms with Gasteiger partial charge in [0.25, 0.3) is 0 Å². The predicted octanol–water partition coefficient (Wildman–Crippen LogP) is 0.687. The first-order valence-corrected chi connectivity index (χ1v) is 12.1. The van der Waals surface area contributed by atoms with E-state index in [1.165, 1.54) is 18.0 Å². The first-order chi connectivity index (χ1) is 17.9. The molecule has 0 unspecified atom stereocenters. The number of carbonyl (C=O) groups excluding carboxylic acids is 4. The number of rotatable bonds is 7. The lowest BCUT2D eigenvalue weighted by Crippen LogP contribution is -2.55. The first-order valence-electron chi connectivity index (χ1n) is 12.1. The van der Waals surface area contributed by atoms with Gasteiger partial charge in [0.15, 0.2) is 0 Å². The average molecular weight is 502 g/mol. The van der Waals surface area contributed by atoms with Crippen LogP contribution in [0.15, 0.2) is 54.7 Å². The molecule has 0 bridgehead atoms. The molecule has 2 aliphatic heterocycles. The summed E-state index contributed by atoms with van der Waals surface area (Å²) in [6.07, 6.45) is 2.81. The molecule has 5 rings (SSSR count). The Hall–Kier alpha value is -4.54. The lowest BCUT2D eigenvalue weighted by molar-refractivity contribution is -0.132. The summed E-state index contributed by atoms with van der Waals surface area (Å²) in [5.74, 6) is -1.52. The van der Waals surface area contributed by atoms with Crippen molar-refractivity contribution in [1.29, 1.82) is 0 Å². The maximum absolute atomic E-state index is 13.9. The van der Waals surface area contributed by atoms with Crippen LogP contribution in [0.25, 0.3) is 0 Å². The SMILES string of the molecule is CC(=O)N[C@H](C(=O)N[C@H]1CCc2cccc3c2N(C1=O)[C@H](C(=O)NCc1cn[nH]n1)C3)c1ccccc1. The van der Waals surface area contributed by atoms with Gasteiger partial charge in [-0.15, -0.1) is 0 Å². The topological polar surface area (TPSA) is 149 Å². The van der Waals surface area contributed by atoms with E-state index in [9.17, 15) is 19.2 Å². The molecule has 0 fully saturated rings. The van der Waals surface area contributed by atoms with Crippen LogP contribution in [0.2, 0.25) is 0 Å². The van der Waals surface area contributed by atoms with Gasteiger partial charge in [-0.25, -0.2) is 0 Å². The van der Waals surface area contributed by atoms with Crippen molar-refractivity contribution in [2.45, 2.75) is 50.9 Å². The molecule has 37 heavy (non-hydrogen) atoms. The molecule has 4 amide bonds. The summed E-state index contributed by atoms with van der Waals surface area (Å²) < 4.78 is 0. The van der Waals surface area contributed by atoms with E-state index in [2.05, 4.69) is 31.4 Å². The minimum atomic E-state index is -0.951. The second-order valence-corrected chi connectivity index (χ2v) is 9.18. The van der Waals surface area contributed by atoms with Crippen LogP contribution in [0.1, 0.15) is 41.8 Å². The maximum Gasteiger partial charge on any atom is 0.250 e. The Labute approximate surface area is 213 Å². The van der Waals surface area contributed by atoms with Gasteiger partial charge >= 0.3 is 0 Å². The number of carbonyl (C=O) groups is 4. The van der Waals surface area contributed by atoms with Gasteiger partial charge in [-0.2, -0.15) is 15.4 Å². The monoisotopic (exact) mass is 501 g/mol. The fourth-order valence-corrected chi connectivity index (χ4v) is 4.98. The summed E-state index contributed by atoms with van der Waals surface area (Å²) in [7, 11) is 0. The molecule has 2 aromatic carbocycles. The van der Waals surface area contributed by atoms with Gasteiger partial charge in [-0.3, -0.25) is 24.1 Å². The van der Waals surface area contributed by atoms with E-state index in [0.29, 0.717) is 30.5 Å². The Morgan fingerprint density at radius 1 is 1.11 bits per heavy atom. The van der Waals surface area contributed by atoms with Crippen molar-refractivity contribution in [3.05, 3.63) is 77.1 Å². The van der Waals surface area contributed by atoms with Crippen LogP contribution in [0.3, 0.4) is 0 Å². The number of hydrogen-bond donors (Lipinski definition) is 4. The number of anilines is 1. The van der Waals surface area contributed by atoms with Crippen molar-refractivity contribution < 1.29 is 19.2 Å². The summed E-state index contributed by atoms with van der Waals surface area (Å²) in [6.45, 7) is 1.51. The van der Waals surface area contributed by atoms with Crippen molar-refractivity contribution >= 4 is 29.3 Å². The smallest absolute Gasteiger partial charge is 0.250 e. The number of nitrogens with one attached hydrogen (secondary N) is 4. The number of aromatic amines is 1. The highest BCUT2D eigenvalue weighted by molar-refractivity contribution is 6.08. The molecule has 3 atom stereocenters. The van der Waals surface area contributed by atoms with Gasteiger partial charge < -0.3 is 16.0 Å². The number of amides is 4. The Morgan fingerprint density at radius 2 is 1.89 bits per heavy atom. The lowest BCUT2D eigenvalue weighted by Gasteiger charge is -2.28. The molecule has 190 valence electrons. The molecule has 3 heterocycles. The standard InChI is InChI=1S/C26H27N7O4/c1-15(34)29-22(16-6-3-2-4-7-16)25(36)30-20-11-10-17-8-5-9-18-12-21(33(23(17)18)26(20)37)24(35)27-13-19-14-28-32-31-19/h2-9,14,20-22H,10-13H2,1H3,(H,27,35)(H,29,34)(H,30,36)(H,28,31,32)/t20-,21-,22-/m0/s1. The van der Waals surface area contributed by atoms with Gasteiger partial charge in [-0.1, -0.05) is 48.5 Å². The number of aromatic nitrogens is 3. The number of nitrogens with zero attached hydrogens (tertiary/aromatic N) is 3. The van der Waals surface area contributed by atoms with Gasteiger partial charge in [0.1, 0.15) is 23.8 Å². The Bertz CT molecular complexity index is 1330. The Balaban J connectivity index is 1.39. The number of aryl methyl sites for hydroxylation is 1. The molecule has 4 N–H and O–H groups in total. The van der Waals surface area contributed by atoms with Crippen LogP contribution in [-0.2, 0) is 38.6 Å². The van der Waals surface area contributed by atoms with Crippen LogP contribution in [0, 0.1) is 0 Å². The minimum Gasteiger partial charge on any atom is -0.348 e. The zero-order valence-electron chi connectivity index (χ0n) is 20.2. The van der Waals surface area contributed by atoms with E-state index in [-0.39, 0.29) is 24.3 Å². The van der Waals surface area contributed by atoms with E-state index in [1.54, 1.807) is 24.3 Å². The summed E-state index contributed by atoms with van der Waals surface area (Å²) >= 11 is 0. The van der Waals surface area contributed by atoms with Gasteiger partial charge in [0, 0.05) is 13.3 Å². The molecule has 0 radical (unpaired) electrons. The Morgan fingerprint density at radius 3 is 2.62 bits per heavy atom. The molecule has 0 spiro atoms. The normalized spacial score (nSPS) is 18.9. The zero-order valence-corrected chi connectivity index (χ0v) is 20.2. The van der Waals surface area contributed by atoms with Crippen LogP contribution in [0.5, 0.6) is 0 Å². The van der Waals surface area contributed by atoms with Crippen LogP contribution >= 0.6 is 0 Å². The molecular formula is C26H27N7O4. The zero-order chi connectivity index (χ0) is 25.9. The molecule has 11 nitrogen and oxygen atoms in total. The lowest BCUT2D eigenvalue weighted by atomic mass is 10.0. The van der Waals surface area contributed by atoms with Crippen LogP contribution in [-0.4, -0.2) is 51.1 Å². The van der Waals surface area contributed by atoms with E-state index in [4.69, 9.17) is 0 Å². The summed E-state index contributed by atoms with van der Waals surface area (Å²) in [6, 6.07) is 12.1. The number of benzene rings is 2. The molecule has 0 saturated heterocycles. The first kappa shape index (κ1) is 24.2. The van der Waals surface area contributed by atoms with Crippen molar-refractivity contribution in [2.75, 3.05) is 4.90 Å². The van der Waals surface area contributed by atoms with Crippen LogP contribution in [0.4, 0.5) is 5.69 Å². The fourth-order valence-electron chi connectivity index (χ4n) is 4.98. The van der Waals surface area contributed by atoms with E-state index in [1.807, 2.05) is 24.3 Å². The number of hydrogen-bond acceptors (Lipinski definition) is 6. The summed E-state index contributed by atoms with van der Waals surface area (Å²) in [5.41, 5.74) is 3.79. The van der Waals surface area contributed by atoms with E-state index < -0.39 is 24.0 Å². The summed E-state index contributed by atoms with van der Waals surface area (Å²) in [4.78, 5) is 53.8. The third-order valence-electron chi connectivity index (χ3n) is 6.68. The minimum absolute atomic E-state index is 0.173. The highest BCUT2D eigenvalue weighted by Crippen LogP contribution is 2.39. The molecule has 0 saturated carbocycles. The third kappa shape index (κ3) is 4.92. The molecule has 1 aromatic heterocycles.